The number of nitrogens with one attached hydrogen (secondary N) is 3. The van der Waals surface area contributed by atoms with E-state index >= 15 is 0 Å². The molecule has 0 aliphatic carbocycles. The molecule has 0 aliphatic rings. The largest absolute Gasteiger partial charge is 0.354 e. The lowest BCUT2D eigenvalue weighted by Gasteiger charge is -2.06. The Bertz CT molecular complexity index is 377. The normalized spacial score (nSPS) is 11.0. The molecule has 18 heavy (non-hydrogen) atoms. The highest BCUT2D eigenvalue weighted by Crippen LogP contribution is 2.00. The minimum Gasteiger partial charge on any atom is -0.354 e. The summed E-state index contributed by atoms with van der Waals surface area (Å²) in [7, 11) is 0. The molecule has 0 spiro atoms. The fraction of sp³-hybridized carbons (Fsp3) is 0.545. The number of guanidine groups is 1. The molecule has 0 radical (unpaired) electrons. The molecule has 1 rings (SSSR count). The van der Waals surface area contributed by atoms with E-state index in [9.17, 15) is 0 Å². The van der Waals surface area contributed by atoms with Crippen LogP contribution in [0.1, 0.15) is 18.5 Å². The number of aromatic amines is 1. The van der Waals surface area contributed by atoms with E-state index in [4.69, 9.17) is 11.0 Å². The third-order valence-corrected chi connectivity index (χ3v) is 2.29. The lowest BCUT2D eigenvalue weighted by atomic mass is 10.2. The van der Waals surface area contributed by atoms with Crippen molar-refractivity contribution in [3.63, 3.8) is 0 Å². The van der Waals surface area contributed by atoms with E-state index in [1.165, 1.54) is 0 Å². The average Bonchev–Trinajstić information content (AvgIpc) is 2.88. The number of hydrogen-bond acceptors (Lipinski definition) is 4. The third kappa shape index (κ3) is 5.86. The third-order valence-electron chi connectivity index (χ3n) is 2.29. The Labute approximate surface area is 107 Å². The molecule has 0 bridgehead atoms. The van der Waals surface area contributed by atoms with E-state index in [2.05, 4.69) is 25.6 Å². The summed E-state index contributed by atoms with van der Waals surface area (Å²) in [5.74, 6) is 0.490. The van der Waals surface area contributed by atoms with Gasteiger partial charge >= 0.3 is 0 Å². The quantitative estimate of drug-likeness (QED) is 0.174. The second-order valence-electron chi connectivity index (χ2n) is 3.72. The molecule has 5 N–H and O–H groups in total. The van der Waals surface area contributed by atoms with Gasteiger partial charge in [0.25, 0.3) is 0 Å². The lowest BCUT2D eigenvalue weighted by molar-refractivity contribution is 0.729. The SMILES string of the molecule is N#CNC(=NCCCCc1cnc[nH]1)NCCN. The van der Waals surface area contributed by atoms with E-state index in [1.54, 1.807) is 6.33 Å². The van der Waals surface area contributed by atoms with Gasteiger partial charge in [0.1, 0.15) is 0 Å². The first-order valence-electron chi connectivity index (χ1n) is 5.97. The predicted octanol–water partition coefficient (Wildman–Crippen LogP) is -0.293. The van der Waals surface area contributed by atoms with Crippen LogP contribution in [0.2, 0.25) is 0 Å². The number of imidazole rings is 1. The highest BCUT2D eigenvalue weighted by molar-refractivity contribution is 5.81. The first-order valence-corrected chi connectivity index (χ1v) is 5.97. The van der Waals surface area contributed by atoms with Crippen LogP contribution >= 0.6 is 0 Å². The van der Waals surface area contributed by atoms with E-state index in [0.29, 0.717) is 25.6 Å². The van der Waals surface area contributed by atoms with Crippen molar-refractivity contribution < 1.29 is 0 Å². The summed E-state index contributed by atoms with van der Waals surface area (Å²) in [4.78, 5) is 11.3. The highest BCUT2D eigenvalue weighted by atomic mass is 15.2. The molecule has 0 fully saturated rings. The minimum absolute atomic E-state index is 0.490. The number of H-pyrrole nitrogens is 1. The molecule has 1 aromatic heterocycles. The van der Waals surface area contributed by atoms with E-state index < -0.39 is 0 Å². The zero-order chi connectivity index (χ0) is 13.1. The first kappa shape index (κ1) is 14.0. The summed E-state index contributed by atoms with van der Waals surface area (Å²) in [5.41, 5.74) is 6.50. The van der Waals surface area contributed by atoms with Gasteiger partial charge in [-0.3, -0.25) is 10.3 Å². The van der Waals surface area contributed by atoms with Gasteiger partial charge < -0.3 is 16.0 Å². The summed E-state index contributed by atoms with van der Waals surface area (Å²) in [5, 5.41) is 14.0. The first-order chi connectivity index (χ1) is 8.86. The van der Waals surface area contributed by atoms with E-state index in [0.717, 1.165) is 25.0 Å². The molecule has 7 nitrogen and oxygen atoms in total. The van der Waals surface area contributed by atoms with Gasteiger partial charge in [0, 0.05) is 31.5 Å². The van der Waals surface area contributed by atoms with Crippen molar-refractivity contribution in [1.29, 1.82) is 5.26 Å². The van der Waals surface area contributed by atoms with Crippen LogP contribution in [0.15, 0.2) is 17.5 Å². The van der Waals surface area contributed by atoms with Gasteiger partial charge in [-0.25, -0.2) is 4.98 Å². The van der Waals surface area contributed by atoms with Crippen LogP contribution in [0.4, 0.5) is 0 Å². The summed E-state index contributed by atoms with van der Waals surface area (Å²) in [6, 6.07) is 0. The second-order valence-corrected chi connectivity index (χ2v) is 3.72. The van der Waals surface area contributed by atoms with Crippen molar-refractivity contribution >= 4 is 5.96 Å². The number of unbranched alkanes of at least 4 members (excludes halogenated alkanes) is 1. The monoisotopic (exact) mass is 249 g/mol. The number of hydrogen-bond donors (Lipinski definition) is 4. The molecule has 0 saturated carbocycles. The molecular weight excluding hydrogens is 230 g/mol. The maximum absolute atomic E-state index is 8.54. The van der Waals surface area contributed by atoms with Crippen LogP contribution < -0.4 is 16.4 Å². The van der Waals surface area contributed by atoms with Gasteiger partial charge in [0.2, 0.25) is 5.96 Å². The number of aliphatic imine (C=N–C) groups is 1. The molecule has 0 unspecified atom stereocenters. The Hall–Kier alpha value is -2.07. The number of aryl methyl sites for hydroxylation is 1. The van der Waals surface area contributed by atoms with Gasteiger partial charge in [0.15, 0.2) is 6.19 Å². The van der Waals surface area contributed by atoms with Crippen LogP contribution in [-0.4, -0.2) is 35.6 Å². The van der Waals surface area contributed by atoms with Crippen molar-refractivity contribution in [2.75, 3.05) is 19.6 Å². The van der Waals surface area contributed by atoms with Crippen LogP contribution in [0.25, 0.3) is 0 Å². The van der Waals surface area contributed by atoms with E-state index in [-0.39, 0.29) is 0 Å². The molecule has 7 heteroatoms. The maximum Gasteiger partial charge on any atom is 0.204 e. The number of nitrogens with zero attached hydrogens (tertiary/aromatic N) is 3. The Balaban J connectivity index is 2.17. The van der Waals surface area contributed by atoms with E-state index in [1.807, 2.05) is 12.4 Å². The molecule has 1 heterocycles. The van der Waals surface area contributed by atoms with Crippen molar-refractivity contribution in [2.45, 2.75) is 19.3 Å². The standard InChI is InChI=1S/C11H19N7/c12-4-6-16-11(17-8-13)15-5-2-1-3-10-7-14-9-18-10/h7,9H,1-6,12H2,(H,14,18)(H2,15,16,17). The van der Waals surface area contributed by atoms with Gasteiger partial charge in [-0.2, -0.15) is 5.26 Å². The molecule has 0 aliphatic heterocycles. The molecule has 0 amide bonds. The summed E-state index contributed by atoms with van der Waals surface area (Å²) >= 11 is 0. The topological polar surface area (TPSA) is 115 Å². The predicted molar refractivity (Wildman–Crippen MR) is 69.6 cm³/mol. The Kier molecular flexibility index (Phi) is 7.01. The van der Waals surface area contributed by atoms with Gasteiger partial charge in [0.05, 0.1) is 6.33 Å². The molecule has 1 aromatic rings. The summed E-state index contributed by atoms with van der Waals surface area (Å²) in [6.45, 7) is 1.78. The van der Waals surface area contributed by atoms with Crippen LogP contribution in [0, 0.1) is 11.5 Å². The van der Waals surface area contributed by atoms with Crippen LogP contribution in [0.5, 0.6) is 0 Å². The average molecular weight is 249 g/mol. The highest BCUT2D eigenvalue weighted by Gasteiger charge is 1.96. The Morgan fingerprint density at radius 3 is 3.11 bits per heavy atom. The molecule has 0 saturated heterocycles. The van der Waals surface area contributed by atoms with Crippen molar-refractivity contribution in [3.8, 4) is 6.19 Å². The molecule has 0 aromatic carbocycles. The van der Waals surface area contributed by atoms with Crippen LogP contribution in [-0.2, 0) is 6.42 Å². The Morgan fingerprint density at radius 1 is 1.56 bits per heavy atom. The van der Waals surface area contributed by atoms with Gasteiger partial charge in [-0.05, 0) is 19.3 Å². The van der Waals surface area contributed by atoms with Crippen molar-refractivity contribution in [3.05, 3.63) is 18.2 Å². The summed E-state index contributed by atoms with van der Waals surface area (Å²) < 4.78 is 0. The number of nitrogens with two attached hydrogens (primary N) is 1. The van der Waals surface area contributed by atoms with Crippen LogP contribution in [0.3, 0.4) is 0 Å². The number of rotatable bonds is 7. The molecular formula is C11H19N7. The van der Waals surface area contributed by atoms with Crippen molar-refractivity contribution in [2.24, 2.45) is 10.7 Å². The zero-order valence-corrected chi connectivity index (χ0v) is 10.3. The van der Waals surface area contributed by atoms with Gasteiger partial charge in [-0.15, -0.1) is 0 Å². The smallest absolute Gasteiger partial charge is 0.204 e. The fourth-order valence-electron chi connectivity index (χ4n) is 1.42. The second kappa shape index (κ2) is 9.01. The minimum atomic E-state index is 0.490. The molecule has 98 valence electrons. The maximum atomic E-state index is 8.54. The number of aromatic nitrogens is 2. The lowest BCUT2D eigenvalue weighted by Crippen LogP contribution is -2.37. The Morgan fingerprint density at radius 2 is 2.44 bits per heavy atom. The van der Waals surface area contributed by atoms with Gasteiger partial charge in [-0.1, -0.05) is 0 Å². The molecule has 0 atom stereocenters. The fourth-order valence-corrected chi connectivity index (χ4v) is 1.42. The summed E-state index contributed by atoms with van der Waals surface area (Å²) in [6.07, 6.45) is 8.30. The van der Waals surface area contributed by atoms with Crippen molar-refractivity contribution in [1.82, 2.24) is 20.6 Å². The zero-order valence-electron chi connectivity index (χ0n) is 10.3. The number of nitriles is 1.